The van der Waals surface area contributed by atoms with Crippen molar-refractivity contribution in [3.63, 3.8) is 0 Å². The molecule has 0 radical (unpaired) electrons. The van der Waals surface area contributed by atoms with E-state index in [0.717, 1.165) is 33.4 Å². The summed E-state index contributed by atoms with van der Waals surface area (Å²) in [5.41, 5.74) is 7.72. The summed E-state index contributed by atoms with van der Waals surface area (Å²) in [6, 6.07) is 52.7. The number of nitrogens with zero attached hydrogens (tertiary/aromatic N) is 4. The molecule has 0 unspecified atom stereocenters. The molecule has 7 aromatic carbocycles. The molecule has 4 heteroatoms. The SMILES string of the molecule is N#Cc1ccc(-c2nc(-c3ccc(-n4c5cc6ccccc6cc5c5ccc6ccccc6c54)cc3)nc3ccccc23)cc1. The van der Waals surface area contributed by atoms with Gasteiger partial charge in [-0.05, 0) is 70.8 Å². The normalized spacial score (nSPS) is 11.5. The molecule has 0 saturated carbocycles. The van der Waals surface area contributed by atoms with E-state index in [2.05, 4.69) is 108 Å². The zero-order valence-corrected chi connectivity index (χ0v) is 24.1. The van der Waals surface area contributed by atoms with Crippen LogP contribution >= 0.6 is 0 Å². The first-order valence-electron chi connectivity index (χ1n) is 15.0. The average Bonchev–Trinajstić information content (AvgIpc) is 3.44. The monoisotopic (exact) mass is 572 g/mol. The fraction of sp³-hybridized carbons (Fsp3) is 0. The maximum absolute atomic E-state index is 9.29. The van der Waals surface area contributed by atoms with Crippen LogP contribution in [0.3, 0.4) is 0 Å². The van der Waals surface area contributed by atoms with Crippen LogP contribution in [-0.4, -0.2) is 14.5 Å². The van der Waals surface area contributed by atoms with Crippen LogP contribution in [0.1, 0.15) is 5.56 Å². The zero-order valence-electron chi connectivity index (χ0n) is 24.1. The number of para-hydroxylation sites is 1. The first kappa shape index (κ1) is 25.2. The van der Waals surface area contributed by atoms with E-state index in [1.165, 1.54) is 43.4 Å². The van der Waals surface area contributed by atoms with Crippen LogP contribution in [0.4, 0.5) is 0 Å². The van der Waals surface area contributed by atoms with Crippen molar-refractivity contribution in [1.82, 2.24) is 14.5 Å². The minimum atomic E-state index is 0.624. The number of hydrogen-bond acceptors (Lipinski definition) is 3. The summed E-state index contributed by atoms with van der Waals surface area (Å²) in [4.78, 5) is 10.0. The molecule has 2 heterocycles. The highest BCUT2D eigenvalue weighted by Gasteiger charge is 2.17. The molecule has 0 N–H and O–H groups in total. The summed E-state index contributed by atoms with van der Waals surface area (Å²) < 4.78 is 2.40. The summed E-state index contributed by atoms with van der Waals surface area (Å²) >= 11 is 0. The quantitative estimate of drug-likeness (QED) is 0.212. The molecule has 2 aromatic heterocycles. The first-order valence-corrected chi connectivity index (χ1v) is 15.0. The molecule has 0 fully saturated rings. The van der Waals surface area contributed by atoms with Crippen molar-refractivity contribution < 1.29 is 0 Å². The second kappa shape index (κ2) is 9.87. The van der Waals surface area contributed by atoms with Gasteiger partial charge in [0.2, 0.25) is 0 Å². The Labute approximate surface area is 259 Å². The van der Waals surface area contributed by atoms with Gasteiger partial charge in [-0.15, -0.1) is 0 Å². The molecule has 0 amide bonds. The van der Waals surface area contributed by atoms with Crippen molar-refractivity contribution in [2.75, 3.05) is 0 Å². The minimum Gasteiger partial charge on any atom is -0.309 e. The lowest BCUT2D eigenvalue weighted by Gasteiger charge is -2.12. The summed E-state index contributed by atoms with van der Waals surface area (Å²) in [6.07, 6.45) is 0. The van der Waals surface area contributed by atoms with Gasteiger partial charge in [0.25, 0.3) is 0 Å². The molecule has 0 aliphatic rings. The third kappa shape index (κ3) is 3.99. The molecule has 9 rings (SSSR count). The van der Waals surface area contributed by atoms with Crippen molar-refractivity contribution in [1.29, 1.82) is 5.26 Å². The lowest BCUT2D eigenvalue weighted by atomic mass is 10.0. The largest absolute Gasteiger partial charge is 0.309 e. The second-order valence-corrected chi connectivity index (χ2v) is 11.4. The highest BCUT2D eigenvalue weighted by Crippen LogP contribution is 2.39. The Kier molecular flexibility index (Phi) is 5.53. The number of aromatic nitrogens is 3. The number of nitriles is 1. The van der Waals surface area contributed by atoms with E-state index in [0.29, 0.717) is 11.4 Å². The van der Waals surface area contributed by atoms with Gasteiger partial charge >= 0.3 is 0 Å². The fourth-order valence-electron chi connectivity index (χ4n) is 6.62. The summed E-state index contributed by atoms with van der Waals surface area (Å²) in [7, 11) is 0. The molecular weight excluding hydrogens is 548 g/mol. The van der Waals surface area contributed by atoms with E-state index in [9.17, 15) is 5.26 Å². The summed E-state index contributed by atoms with van der Waals surface area (Å²) in [5.74, 6) is 0.665. The van der Waals surface area contributed by atoms with E-state index in [4.69, 9.17) is 9.97 Å². The lowest BCUT2D eigenvalue weighted by Crippen LogP contribution is -1.97. The minimum absolute atomic E-state index is 0.624. The van der Waals surface area contributed by atoms with Crippen LogP contribution in [0.15, 0.2) is 146 Å². The van der Waals surface area contributed by atoms with Gasteiger partial charge in [0, 0.05) is 38.4 Å². The predicted octanol–water partition coefficient (Wildman–Crippen LogP) is 10.2. The molecular formula is C41H24N4. The van der Waals surface area contributed by atoms with Crippen LogP contribution in [0.2, 0.25) is 0 Å². The van der Waals surface area contributed by atoms with E-state index in [1.807, 2.05) is 48.5 Å². The van der Waals surface area contributed by atoms with Crippen LogP contribution in [-0.2, 0) is 0 Å². The number of rotatable bonds is 3. The Hall–Kier alpha value is -6.31. The van der Waals surface area contributed by atoms with Crippen molar-refractivity contribution in [3.8, 4) is 34.4 Å². The van der Waals surface area contributed by atoms with E-state index >= 15 is 0 Å². The van der Waals surface area contributed by atoms with E-state index in [-0.39, 0.29) is 0 Å². The molecule has 0 bridgehead atoms. The fourth-order valence-corrected chi connectivity index (χ4v) is 6.62. The van der Waals surface area contributed by atoms with Crippen LogP contribution in [0.25, 0.3) is 82.6 Å². The van der Waals surface area contributed by atoms with Crippen molar-refractivity contribution in [2.45, 2.75) is 0 Å². The highest BCUT2D eigenvalue weighted by molar-refractivity contribution is 6.20. The molecule has 0 saturated heterocycles. The first-order chi connectivity index (χ1) is 22.2. The predicted molar refractivity (Wildman–Crippen MR) is 184 cm³/mol. The lowest BCUT2D eigenvalue weighted by molar-refractivity contribution is 1.18. The summed E-state index contributed by atoms with van der Waals surface area (Å²) in [6.45, 7) is 0. The molecule has 0 atom stereocenters. The molecule has 0 aliphatic heterocycles. The Balaban J connectivity index is 1.25. The number of fused-ring (bicyclic) bond motifs is 7. The summed E-state index contributed by atoms with van der Waals surface area (Å²) in [5, 5.41) is 17.6. The smallest absolute Gasteiger partial charge is 0.160 e. The Morgan fingerprint density at radius 1 is 0.511 bits per heavy atom. The third-order valence-electron chi connectivity index (χ3n) is 8.79. The Morgan fingerprint density at radius 2 is 1.18 bits per heavy atom. The maximum atomic E-state index is 9.29. The van der Waals surface area contributed by atoms with Gasteiger partial charge in [0.1, 0.15) is 0 Å². The molecule has 9 aromatic rings. The average molecular weight is 573 g/mol. The highest BCUT2D eigenvalue weighted by atomic mass is 15.0. The van der Waals surface area contributed by atoms with E-state index in [1.54, 1.807) is 0 Å². The topological polar surface area (TPSA) is 54.5 Å². The van der Waals surface area contributed by atoms with Crippen molar-refractivity contribution in [3.05, 3.63) is 151 Å². The second-order valence-electron chi connectivity index (χ2n) is 11.4. The number of hydrogen-bond donors (Lipinski definition) is 0. The van der Waals surface area contributed by atoms with Crippen molar-refractivity contribution in [2.24, 2.45) is 0 Å². The van der Waals surface area contributed by atoms with Crippen LogP contribution in [0.5, 0.6) is 0 Å². The standard InChI is InChI=1S/C41H24N4/c42-25-26-13-15-28(16-14-26)39-35-11-5-6-12-37(35)43-41(44-39)29-17-20-32(21-18-29)45-38-24-31-9-2-1-8-30(31)23-36(38)34-22-19-27-7-3-4-10-33(27)40(34)45/h1-24H. The molecule has 45 heavy (non-hydrogen) atoms. The molecule has 208 valence electrons. The Morgan fingerprint density at radius 3 is 1.96 bits per heavy atom. The molecule has 0 aliphatic carbocycles. The van der Waals surface area contributed by atoms with Crippen molar-refractivity contribution >= 4 is 54.3 Å². The van der Waals surface area contributed by atoms with Gasteiger partial charge in [-0.3, -0.25) is 0 Å². The van der Waals surface area contributed by atoms with Crippen LogP contribution < -0.4 is 0 Å². The molecule has 0 spiro atoms. The van der Waals surface area contributed by atoms with Crippen LogP contribution in [0, 0.1) is 11.3 Å². The van der Waals surface area contributed by atoms with Gasteiger partial charge in [-0.1, -0.05) is 91.0 Å². The van der Waals surface area contributed by atoms with Gasteiger partial charge in [-0.25, -0.2) is 9.97 Å². The van der Waals surface area contributed by atoms with Gasteiger partial charge < -0.3 is 4.57 Å². The zero-order chi connectivity index (χ0) is 29.9. The van der Waals surface area contributed by atoms with E-state index < -0.39 is 0 Å². The number of benzene rings is 7. The third-order valence-corrected chi connectivity index (χ3v) is 8.79. The maximum Gasteiger partial charge on any atom is 0.160 e. The Bertz CT molecular complexity index is 2640. The van der Waals surface area contributed by atoms with Gasteiger partial charge in [0.05, 0.1) is 33.9 Å². The van der Waals surface area contributed by atoms with Gasteiger partial charge in [0.15, 0.2) is 5.82 Å². The van der Waals surface area contributed by atoms with Gasteiger partial charge in [-0.2, -0.15) is 5.26 Å². The molecule has 4 nitrogen and oxygen atoms in total.